The Morgan fingerprint density at radius 2 is 2.29 bits per heavy atom. The molecule has 5 nitrogen and oxygen atoms in total. The second kappa shape index (κ2) is 3.22. The molecule has 2 aromatic rings. The Hall–Kier alpha value is -1.69. The van der Waals surface area contributed by atoms with E-state index in [0.29, 0.717) is 10.6 Å². The normalized spacial score (nSPS) is 10.4. The summed E-state index contributed by atoms with van der Waals surface area (Å²) in [6.45, 7) is 1.96. The number of H-pyrrole nitrogens is 1. The van der Waals surface area contributed by atoms with Gasteiger partial charge in [-0.25, -0.2) is 9.77 Å². The van der Waals surface area contributed by atoms with Crippen LogP contribution in [0.5, 0.6) is 0 Å². The van der Waals surface area contributed by atoms with Gasteiger partial charge in [-0.2, -0.15) is 5.10 Å². The molecule has 0 bridgehead atoms. The van der Waals surface area contributed by atoms with Crippen LogP contribution in [-0.4, -0.2) is 19.9 Å². The molecule has 0 unspecified atom stereocenters. The number of nitrogen functional groups attached to an aromatic ring is 1. The van der Waals surface area contributed by atoms with Crippen LogP contribution in [0.25, 0.3) is 11.4 Å². The van der Waals surface area contributed by atoms with Crippen molar-refractivity contribution in [3.63, 3.8) is 0 Å². The van der Waals surface area contributed by atoms with E-state index in [0.717, 1.165) is 11.1 Å². The van der Waals surface area contributed by atoms with Gasteiger partial charge in [0.1, 0.15) is 0 Å². The zero-order valence-electron chi connectivity index (χ0n) is 7.56. The first kappa shape index (κ1) is 8.89. The van der Waals surface area contributed by atoms with Crippen LogP contribution in [0, 0.1) is 11.7 Å². The van der Waals surface area contributed by atoms with Gasteiger partial charge in [0, 0.05) is 18.0 Å². The Bertz CT molecular complexity index is 512. The van der Waals surface area contributed by atoms with Crippen LogP contribution in [0.4, 0.5) is 0 Å². The number of aromatic amines is 1. The standard InChI is InChI=1S/C8H9N5S/c1-5-2-6(4-10-3-5)7-11-12-8(14)13(7)9/h2-4H,9H2,1H3,(H,12,14). The quantitative estimate of drug-likeness (QED) is 0.541. The van der Waals surface area contributed by atoms with Crippen LogP contribution in [0.15, 0.2) is 18.5 Å². The van der Waals surface area contributed by atoms with E-state index in [1.54, 1.807) is 12.4 Å². The van der Waals surface area contributed by atoms with E-state index in [1.807, 2.05) is 13.0 Å². The average molecular weight is 207 g/mol. The average Bonchev–Trinajstić information content (AvgIpc) is 2.48. The van der Waals surface area contributed by atoms with E-state index in [2.05, 4.69) is 15.2 Å². The van der Waals surface area contributed by atoms with Crippen molar-refractivity contribution < 1.29 is 0 Å². The van der Waals surface area contributed by atoms with Gasteiger partial charge in [0.2, 0.25) is 4.77 Å². The summed E-state index contributed by atoms with van der Waals surface area (Å²) >= 11 is 4.91. The van der Waals surface area contributed by atoms with Gasteiger partial charge in [-0.15, -0.1) is 0 Å². The van der Waals surface area contributed by atoms with Gasteiger partial charge in [0.05, 0.1) is 0 Å². The summed E-state index contributed by atoms with van der Waals surface area (Å²) in [5.74, 6) is 6.26. The predicted octanol–water partition coefficient (Wildman–Crippen LogP) is 1.02. The van der Waals surface area contributed by atoms with Crippen molar-refractivity contribution in [3.05, 3.63) is 28.8 Å². The van der Waals surface area contributed by atoms with E-state index in [1.165, 1.54) is 4.68 Å². The Balaban J connectivity index is 2.60. The maximum absolute atomic E-state index is 5.68. The number of nitrogens with two attached hydrogens (primary N) is 1. The summed E-state index contributed by atoms with van der Waals surface area (Å²) < 4.78 is 1.72. The van der Waals surface area contributed by atoms with Gasteiger partial charge in [0.15, 0.2) is 5.82 Å². The van der Waals surface area contributed by atoms with Crippen LogP contribution < -0.4 is 5.84 Å². The monoisotopic (exact) mass is 207 g/mol. The molecule has 0 aromatic carbocycles. The van der Waals surface area contributed by atoms with Gasteiger partial charge in [-0.05, 0) is 30.8 Å². The molecule has 0 spiro atoms. The molecule has 14 heavy (non-hydrogen) atoms. The molecule has 0 atom stereocenters. The second-order valence-corrected chi connectivity index (χ2v) is 3.36. The fourth-order valence-electron chi connectivity index (χ4n) is 1.19. The van der Waals surface area contributed by atoms with Gasteiger partial charge >= 0.3 is 0 Å². The lowest BCUT2D eigenvalue weighted by atomic mass is 10.2. The van der Waals surface area contributed by atoms with Gasteiger partial charge in [0.25, 0.3) is 0 Å². The van der Waals surface area contributed by atoms with Crippen LogP contribution in [-0.2, 0) is 0 Å². The molecule has 0 amide bonds. The number of hydrogen-bond acceptors (Lipinski definition) is 4. The Morgan fingerprint density at radius 3 is 2.86 bits per heavy atom. The summed E-state index contributed by atoms with van der Waals surface area (Å²) in [5, 5.41) is 6.63. The summed E-state index contributed by atoms with van der Waals surface area (Å²) in [6, 6.07) is 1.95. The molecule has 0 saturated heterocycles. The van der Waals surface area contributed by atoms with E-state index < -0.39 is 0 Å². The first-order valence-corrected chi connectivity index (χ1v) is 4.44. The van der Waals surface area contributed by atoms with Crippen molar-refractivity contribution in [1.29, 1.82) is 0 Å². The highest BCUT2D eigenvalue weighted by Crippen LogP contribution is 2.14. The third-order valence-electron chi connectivity index (χ3n) is 1.84. The molecule has 0 saturated carbocycles. The number of aromatic nitrogens is 4. The lowest BCUT2D eigenvalue weighted by molar-refractivity contribution is 0.982. The highest BCUT2D eigenvalue weighted by atomic mass is 32.1. The molecule has 6 heteroatoms. The first-order chi connectivity index (χ1) is 6.68. The first-order valence-electron chi connectivity index (χ1n) is 4.03. The number of aryl methyl sites for hydroxylation is 1. The van der Waals surface area contributed by atoms with Crippen molar-refractivity contribution >= 4 is 12.2 Å². The second-order valence-electron chi connectivity index (χ2n) is 2.97. The van der Waals surface area contributed by atoms with E-state index in [9.17, 15) is 0 Å². The highest BCUT2D eigenvalue weighted by Gasteiger charge is 2.05. The topological polar surface area (TPSA) is 72.5 Å². The number of rotatable bonds is 1. The van der Waals surface area contributed by atoms with Crippen LogP contribution in [0.3, 0.4) is 0 Å². The number of nitrogens with one attached hydrogen (secondary N) is 1. The zero-order valence-corrected chi connectivity index (χ0v) is 8.38. The maximum Gasteiger partial charge on any atom is 0.214 e. The van der Waals surface area contributed by atoms with E-state index >= 15 is 0 Å². The lowest BCUT2D eigenvalue weighted by Crippen LogP contribution is -2.10. The molecule has 0 aliphatic rings. The SMILES string of the molecule is Cc1cncc(-c2n[nH]c(=S)n2N)c1. The van der Waals surface area contributed by atoms with Crippen LogP contribution >= 0.6 is 12.2 Å². The lowest BCUT2D eigenvalue weighted by Gasteiger charge is -1.99. The molecule has 0 aliphatic carbocycles. The Kier molecular flexibility index (Phi) is 2.05. The van der Waals surface area contributed by atoms with E-state index in [4.69, 9.17) is 18.1 Å². The number of hydrogen-bond donors (Lipinski definition) is 2. The van der Waals surface area contributed by atoms with Crippen LogP contribution in [0.1, 0.15) is 5.56 Å². The van der Waals surface area contributed by atoms with Gasteiger partial charge < -0.3 is 5.84 Å². The maximum atomic E-state index is 5.68. The largest absolute Gasteiger partial charge is 0.335 e. The summed E-state index contributed by atoms with van der Waals surface area (Å²) in [6.07, 6.45) is 3.47. The Labute approximate surface area is 85.6 Å². The zero-order chi connectivity index (χ0) is 10.1. The van der Waals surface area contributed by atoms with Crippen molar-refractivity contribution in [2.24, 2.45) is 0 Å². The third kappa shape index (κ3) is 1.39. The minimum Gasteiger partial charge on any atom is -0.335 e. The Morgan fingerprint density at radius 1 is 1.50 bits per heavy atom. The van der Waals surface area contributed by atoms with Crippen LogP contribution in [0.2, 0.25) is 0 Å². The molecule has 0 aliphatic heterocycles. The molecule has 2 rings (SSSR count). The summed E-state index contributed by atoms with van der Waals surface area (Å²) in [5.41, 5.74) is 1.90. The molecular formula is C8H9N5S. The van der Waals surface area contributed by atoms with E-state index in [-0.39, 0.29) is 0 Å². The van der Waals surface area contributed by atoms with Crippen molar-refractivity contribution in [2.45, 2.75) is 6.92 Å². The smallest absolute Gasteiger partial charge is 0.214 e. The highest BCUT2D eigenvalue weighted by molar-refractivity contribution is 7.71. The predicted molar refractivity (Wildman–Crippen MR) is 55.5 cm³/mol. The molecule has 0 radical (unpaired) electrons. The fraction of sp³-hybridized carbons (Fsp3) is 0.125. The van der Waals surface area contributed by atoms with Crippen molar-refractivity contribution in [1.82, 2.24) is 19.9 Å². The molecule has 3 N–H and O–H groups in total. The minimum atomic E-state index is 0.390. The summed E-state index contributed by atoms with van der Waals surface area (Å²) in [7, 11) is 0. The molecule has 2 heterocycles. The molecule has 0 fully saturated rings. The number of pyridine rings is 1. The fourth-order valence-corrected chi connectivity index (χ4v) is 1.32. The van der Waals surface area contributed by atoms with Crippen molar-refractivity contribution in [3.8, 4) is 11.4 Å². The third-order valence-corrected chi connectivity index (χ3v) is 2.13. The molecule has 2 aromatic heterocycles. The minimum absolute atomic E-state index is 0.390. The van der Waals surface area contributed by atoms with Crippen molar-refractivity contribution in [2.75, 3.05) is 5.84 Å². The molecular weight excluding hydrogens is 198 g/mol. The van der Waals surface area contributed by atoms with Gasteiger partial charge in [-0.3, -0.25) is 4.98 Å². The summed E-state index contributed by atoms with van der Waals surface area (Å²) in [4.78, 5) is 4.05. The number of nitrogens with zero attached hydrogens (tertiary/aromatic N) is 3. The molecule has 72 valence electrons. The van der Waals surface area contributed by atoms with Gasteiger partial charge in [-0.1, -0.05) is 0 Å².